The number of anilines is 1. The molecule has 2 heterocycles. The Morgan fingerprint density at radius 3 is 2.67 bits per heavy atom. The highest BCUT2D eigenvalue weighted by atomic mass is 35.5. The number of aryl methyl sites for hydroxylation is 1. The van der Waals surface area contributed by atoms with Crippen molar-refractivity contribution < 1.29 is 27.4 Å². The van der Waals surface area contributed by atoms with Crippen LogP contribution in [0.25, 0.3) is 0 Å². The molecule has 2 aromatic carbocycles. The molecule has 0 unspecified atom stereocenters. The van der Waals surface area contributed by atoms with Crippen molar-refractivity contribution in [3.05, 3.63) is 70.3 Å². The predicted molar refractivity (Wildman–Crippen MR) is 179 cm³/mol. The van der Waals surface area contributed by atoms with Crippen molar-refractivity contribution in [2.45, 2.75) is 76.8 Å². The van der Waals surface area contributed by atoms with Gasteiger partial charge in [-0.05, 0) is 104 Å². The highest BCUT2D eigenvalue weighted by molar-refractivity contribution is 7.90. The maximum atomic E-state index is 13.5. The third-order valence-electron chi connectivity index (χ3n) is 9.58. The van der Waals surface area contributed by atoms with E-state index in [-0.39, 0.29) is 12.0 Å². The molecule has 8 nitrogen and oxygen atoms in total. The van der Waals surface area contributed by atoms with Crippen molar-refractivity contribution in [2.75, 3.05) is 38.3 Å². The van der Waals surface area contributed by atoms with Crippen molar-refractivity contribution in [1.29, 1.82) is 0 Å². The summed E-state index contributed by atoms with van der Waals surface area (Å²) in [6.45, 7) is 6.81. The number of fused-ring (bicyclic) bond motifs is 3. The molecule has 0 radical (unpaired) electrons. The average Bonchev–Trinajstić information content (AvgIpc) is 3.03. The van der Waals surface area contributed by atoms with Gasteiger partial charge in [0.25, 0.3) is 5.91 Å². The summed E-state index contributed by atoms with van der Waals surface area (Å²) in [5, 5.41) is 0.0133. The van der Waals surface area contributed by atoms with Crippen LogP contribution < -0.4 is 14.4 Å². The molecule has 246 valence electrons. The van der Waals surface area contributed by atoms with Gasteiger partial charge in [0.15, 0.2) is 0 Å². The van der Waals surface area contributed by atoms with E-state index in [1.807, 2.05) is 32.0 Å². The van der Waals surface area contributed by atoms with E-state index in [2.05, 4.69) is 21.8 Å². The molecule has 2 aromatic rings. The number of carbonyl (C=O) groups is 1. The molecule has 1 fully saturated rings. The molecule has 1 saturated carbocycles. The zero-order valence-electron chi connectivity index (χ0n) is 26.7. The summed E-state index contributed by atoms with van der Waals surface area (Å²) in [4.78, 5) is 15.8. The van der Waals surface area contributed by atoms with E-state index in [4.69, 9.17) is 25.8 Å². The zero-order valence-corrected chi connectivity index (χ0v) is 28.2. The highest BCUT2D eigenvalue weighted by Crippen LogP contribution is 2.42. The number of halogens is 1. The van der Waals surface area contributed by atoms with Gasteiger partial charge in [-0.2, -0.15) is 0 Å². The maximum Gasteiger partial charge on any atom is 0.264 e. The van der Waals surface area contributed by atoms with E-state index in [1.165, 1.54) is 5.56 Å². The number of carbonyl (C=O) groups excluding carboxylic acids is 1. The first-order chi connectivity index (χ1) is 21.7. The van der Waals surface area contributed by atoms with Gasteiger partial charge in [-0.25, -0.2) is 13.1 Å². The first kappa shape index (κ1) is 33.8. The first-order valence-corrected chi connectivity index (χ1v) is 18.2. The van der Waals surface area contributed by atoms with Gasteiger partial charge in [0.2, 0.25) is 10.0 Å². The Morgan fingerprint density at radius 1 is 1.07 bits per heavy atom. The lowest BCUT2D eigenvalue weighted by Crippen LogP contribution is -2.44. The summed E-state index contributed by atoms with van der Waals surface area (Å²) in [5.41, 5.74) is 3.38. The van der Waals surface area contributed by atoms with Crippen molar-refractivity contribution in [3.63, 3.8) is 0 Å². The largest absolute Gasteiger partial charge is 0.487 e. The number of hydrogen-bond acceptors (Lipinski definition) is 7. The number of nitrogens with zero attached hydrogens (tertiary/aromatic N) is 1. The van der Waals surface area contributed by atoms with Gasteiger partial charge >= 0.3 is 0 Å². The second kappa shape index (κ2) is 15.3. The fraction of sp³-hybridized carbons (Fsp3) is 0.571. The fourth-order valence-electron chi connectivity index (χ4n) is 6.78. The lowest BCUT2D eigenvalue weighted by molar-refractivity contribution is -0.0309. The first-order valence-electron chi connectivity index (χ1n) is 16.3. The summed E-state index contributed by atoms with van der Waals surface area (Å²) >= 11 is 6.34. The highest BCUT2D eigenvalue weighted by Gasteiger charge is 2.38. The number of rotatable bonds is 5. The topological polar surface area (TPSA) is 94.2 Å². The van der Waals surface area contributed by atoms with Crippen LogP contribution in [-0.2, 0) is 32.5 Å². The van der Waals surface area contributed by atoms with Crippen LogP contribution in [0.15, 0.2) is 48.6 Å². The Balaban J connectivity index is 1.54. The molecule has 0 spiro atoms. The number of hydrogen-bond donors (Lipinski definition) is 1. The summed E-state index contributed by atoms with van der Waals surface area (Å²) < 4.78 is 47.4. The average molecular weight is 659 g/mol. The summed E-state index contributed by atoms with van der Waals surface area (Å²) in [5.74, 6) is 0.760. The smallest absolute Gasteiger partial charge is 0.264 e. The van der Waals surface area contributed by atoms with E-state index < -0.39 is 21.2 Å². The maximum absolute atomic E-state index is 13.5. The lowest BCUT2D eigenvalue weighted by Gasteiger charge is -2.44. The summed E-state index contributed by atoms with van der Waals surface area (Å²) in [6.07, 6.45) is 9.91. The van der Waals surface area contributed by atoms with Gasteiger partial charge < -0.3 is 19.1 Å². The molecule has 1 amide bonds. The van der Waals surface area contributed by atoms with Crippen molar-refractivity contribution in [2.24, 2.45) is 17.8 Å². The molecule has 5 rings (SSSR count). The summed E-state index contributed by atoms with van der Waals surface area (Å²) in [7, 11) is -2.24. The second-order valence-electron chi connectivity index (χ2n) is 12.7. The van der Waals surface area contributed by atoms with E-state index >= 15 is 0 Å². The van der Waals surface area contributed by atoms with Crippen LogP contribution in [0.4, 0.5) is 5.69 Å². The van der Waals surface area contributed by atoms with Crippen LogP contribution in [0.3, 0.4) is 0 Å². The molecule has 10 heteroatoms. The number of ether oxygens (including phenoxy) is 3. The van der Waals surface area contributed by atoms with Crippen LogP contribution in [0.2, 0.25) is 5.02 Å². The molecular weight excluding hydrogens is 612 g/mol. The van der Waals surface area contributed by atoms with Gasteiger partial charge in [0.05, 0.1) is 30.3 Å². The number of nitrogens with one attached hydrogen (secondary N) is 1. The number of allylic oxidation sites excluding steroid dienone is 1. The molecule has 45 heavy (non-hydrogen) atoms. The SMILES string of the molecule is CC[C@@H]1C[C@H](C)/C=C/[C@H](OCCOC)[C@@H]2CC[C@H]2CN2CCCCc3cc(Cl)ccc3COc3ccc(cc32)C(=O)NS1(=O)=O. The van der Waals surface area contributed by atoms with Gasteiger partial charge in [0, 0.05) is 30.8 Å². The number of amides is 1. The molecule has 2 bridgehead atoms. The van der Waals surface area contributed by atoms with Gasteiger partial charge in [-0.3, -0.25) is 4.79 Å². The Bertz CT molecular complexity index is 1460. The quantitative estimate of drug-likeness (QED) is 0.288. The molecule has 3 aliphatic rings. The van der Waals surface area contributed by atoms with Gasteiger partial charge in [0.1, 0.15) is 12.4 Å². The normalized spacial score (nSPS) is 27.9. The van der Waals surface area contributed by atoms with Crippen molar-refractivity contribution in [1.82, 2.24) is 4.72 Å². The Kier molecular flexibility index (Phi) is 11.5. The van der Waals surface area contributed by atoms with E-state index in [0.29, 0.717) is 60.8 Å². The molecule has 2 aliphatic heterocycles. The minimum Gasteiger partial charge on any atom is -0.487 e. The molecule has 0 saturated heterocycles. The van der Waals surface area contributed by atoms with Gasteiger partial charge in [-0.1, -0.05) is 43.7 Å². The predicted octanol–water partition coefficient (Wildman–Crippen LogP) is 6.55. The third kappa shape index (κ3) is 8.42. The van der Waals surface area contributed by atoms with E-state index in [9.17, 15) is 13.2 Å². The van der Waals surface area contributed by atoms with E-state index in [0.717, 1.165) is 56.4 Å². The number of benzene rings is 2. The van der Waals surface area contributed by atoms with Crippen LogP contribution in [0.5, 0.6) is 5.75 Å². The minimum absolute atomic E-state index is 0.00500. The Hall–Kier alpha value is -2.59. The number of sulfonamides is 1. The van der Waals surface area contributed by atoms with Crippen LogP contribution in [-0.4, -0.2) is 59.1 Å². The summed E-state index contributed by atoms with van der Waals surface area (Å²) in [6, 6.07) is 11.2. The molecule has 1 aliphatic carbocycles. The van der Waals surface area contributed by atoms with Crippen LogP contribution in [0, 0.1) is 17.8 Å². The second-order valence-corrected chi connectivity index (χ2v) is 15.1. The number of methoxy groups -OCH3 is 1. The molecule has 5 atom stereocenters. The molecule has 1 N–H and O–H groups in total. The van der Waals surface area contributed by atoms with Gasteiger partial charge in [-0.15, -0.1) is 0 Å². The minimum atomic E-state index is -3.91. The van der Waals surface area contributed by atoms with Crippen LogP contribution in [0.1, 0.15) is 73.9 Å². The Labute approximate surface area is 273 Å². The fourth-order valence-corrected chi connectivity index (χ4v) is 8.52. The lowest BCUT2D eigenvalue weighted by atomic mass is 9.70. The monoisotopic (exact) mass is 658 g/mol. The molecular formula is C35H47ClN2O6S. The van der Waals surface area contributed by atoms with Crippen molar-refractivity contribution >= 4 is 33.2 Å². The van der Waals surface area contributed by atoms with Crippen molar-refractivity contribution in [3.8, 4) is 5.75 Å². The zero-order chi connectivity index (χ0) is 32.0. The third-order valence-corrected chi connectivity index (χ3v) is 11.7. The Morgan fingerprint density at radius 2 is 1.91 bits per heavy atom. The molecule has 0 aromatic heterocycles. The van der Waals surface area contributed by atoms with Crippen LogP contribution >= 0.6 is 11.6 Å². The van der Waals surface area contributed by atoms with E-state index in [1.54, 1.807) is 25.3 Å². The standard InChI is InChI=1S/C35H47ClN2O6S/c1-4-30-19-24(2)8-14-33(43-18-17-42-3)31-13-10-27(31)22-38-16-6-5-7-25-20-29(36)12-9-28(25)23-44-34-15-11-26(21-32(34)38)35(39)37-45(30,40)41/h8-9,11-12,14-15,20-21,24,27,30-31,33H,4-7,10,13,16-19,22-23H2,1-3H3,(H,37,39)/b14-8+/t24-,27+,30-,31-,33+/m1/s1.